The third-order valence-corrected chi connectivity index (χ3v) is 3.98. The second kappa shape index (κ2) is 6.91. The Morgan fingerprint density at radius 1 is 1.30 bits per heavy atom. The van der Waals surface area contributed by atoms with Gasteiger partial charge in [0.25, 0.3) is 5.91 Å². The van der Waals surface area contributed by atoms with E-state index >= 15 is 0 Å². The van der Waals surface area contributed by atoms with Gasteiger partial charge in [-0.05, 0) is 18.1 Å². The number of amides is 1. The number of para-hydroxylation sites is 1. The van der Waals surface area contributed by atoms with Crippen LogP contribution in [0.4, 0.5) is 0 Å². The average Bonchev–Trinajstić information content (AvgIpc) is 2.49. The van der Waals surface area contributed by atoms with Gasteiger partial charge in [0.1, 0.15) is 0 Å². The van der Waals surface area contributed by atoms with Crippen molar-refractivity contribution in [3.63, 3.8) is 0 Å². The van der Waals surface area contributed by atoms with Crippen molar-refractivity contribution in [2.24, 2.45) is 0 Å². The molecule has 0 spiro atoms. The molecule has 0 aliphatic rings. The number of benzene rings is 1. The molecule has 0 atom stereocenters. The Balaban J connectivity index is 2.30. The first-order valence-corrected chi connectivity index (χ1v) is 9.28. The number of carbonyl (C=O) groups excluding carboxylic acids is 1. The van der Waals surface area contributed by atoms with Crippen molar-refractivity contribution in [1.82, 2.24) is 10.3 Å². The minimum Gasteiger partial charge on any atom is -0.349 e. The van der Waals surface area contributed by atoms with E-state index in [2.05, 4.69) is 10.3 Å². The van der Waals surface area contributed by atoms with Crippen molar-refractivity contribution in [2.75, 3.05) is 12.8 Å². The number of hydrogen-bond acceptors (Lipinski definition) is 4. The van der Waals surface area contributed by atoms with E-state index in [1.54, 1.807) is 6.07 Å². The Bertz CT molecular complexity index is 855. The summed E-state index contributed by atoms with van der Waals surface area (Å²) in [4.78, 5) is 17.0. The van der Waals surface area contributed by atoms with Crippen LogP contribution in [0.2, 0.25) is 0 Å². The first kappa shape index (κ1) is 17.1. The Morgan fingerprint density at radius 2 is 2.00 bits per heavy atom. The molecule has 0 saturated heterocycles. The van der Waals surface area contributed by atoms with Gasteiger partial charge in [0.2, 0.25) is 0 Å². The van der Waals surface area contributed by atoms with Gasteiger partial charge in [-0.3, -0.25) is 9.78 Å². The zero-order valence-electron chi connectivity index (χ0n) is 13.4. The van der Waals surface area contributed by atoms with E-state index in [9.17, 15) is 13.2 Å². The highest BCUT2D eigenvalue weighted by Crippen LogP contribution is 2.22. The number of sulfone groups is 1. The minimum absolute atomic E-state index is 0.152. The van der Waals surface area contributed by atoms with Gasteiger partial charge in [-0.25, -0.2) is 8.42 Å². The number of aromatic nitrogens is 1. The van der Waals surface area contributed by atoms with Crippen LogP contribution in [0.25, 0.3) is 10.9 Å². The SMILES string of the molecule is CC(C)c1cc(C(=O)NC/C=C/S(C)(=O)=O)c2ccccc2n1. The van der Waals surface area contributed by atoms with Crippen LogP contribution < -0.4 is 5.32 Å². The van der Waals surface area contributed by atoms with E-state index < -0.39 is 9.84 Å². The number of carbonyl (C=O) groups is 1. The van der Waals surface area contributed by atoms with Crippen molar-refractivity contribution in [2.45, 2.75) is 19.8 Å². The van der Waals surface area contributed by atoms with Crippen LogP contribution in [0, 0.1) is 0 Å². The molecular formula is C17H20N2O3S. The fraction of sp³-hybridized carbons (Fsp3) is 0.294. The summed E-state index contributed by atoms with van der Waals surface area (Å²) in [6.07, 6.45) is 2.52. The highest BCUT2D eigenvalue weighted by atomic mass is 32.2. The van der Waals surface area contributed by atoms with Crippen molar-refractivity contribution in [3.8, 4) is 0 Å². The van der Waals surface area contributed by atoms with Gasteiger partial charge in [0.05, 0.1) is 11.1 Å². The van der Waals surface area contributed by atoms with E-state index in [1.165, 1.54) is 6.08 Å². The largest absolute Gasteiger partial charge is 0.349 e. The van der Waals surface area contributed by atoms with E-state index in [0.29, 0.717) is 5.56 Å². The van der Waals surface area contributed by atoms with E-state index in [-0.39, 0.29) is 18.4 Å². The summed E-state index contributed by atoms with van der Waals surface area (Å²) in [6, 6.07) is 9.27. The molecule has 1 aromatic carbocycles. The summed E-state index contributed by atoms with van der Waals surface area (Å²) in [7, 11) is -3.18. The summed E-state index contributed by atoms with van der Waals surface area (Å²) in [5.41, 5.74) is 2.17. The molecular weight excluding hydrogens is 312 g/mol. The van der Waals surface area contributed by atoms with Gasteiger partial charge in [-0.2, -0.15) is 0 Å². The molecule has 6 heteroatoms. The molecule has 0 radical (unpaired) electrons. The smallest absolute Gasteiger partial charge is 0.252 e. The molecule has 0 saturated carbocycles. The zero-order valence-corrected chi connectivity index (χ0v) is 14.2. The first-order chi connectivity index (χ1) is 10.8. The maximum absolute atomic E-state index is 12.4. The molecule has 5 nitrogen and oxygen atoms in total. The Kier molecular flexibility index (Phi) is 5.15. The Labute approximate surface area is 136 Å². The molecule has 0 fully saturated rings. The number of fused-ring (bicyclic) bond motifs is 1. The number of nitrogens with zero attached hydrogens (tertiary/aromatic N) is 1. The maximum atomic E-state index is 12.4. The lowest BCUT2D eigenvalue weighted by Gasteiger charge is -2.11. The molecule has 0 unspecified atom stereocenters. The first-order valence-electron chi connectivity index (χ1n) is 7.32. The second-order valence-corrected chi connectivity index (χ2v) is 7.61. The lowest BCUT2D eigenvalue weighted by Crippen LogP contribution is -2.24. The molecule has 0 aliphatic heterocycles. The summed E-state index contributed by atoms with van der Waals surface area (Å²) < 4.78 is 22.1. The van der Waals surface area contributed by atoms with Crippen LogP contribution in [0.5, 0.6) is 0 Å². The number of pyridine rings is 1. The van der Waals surface area contributed by atoms with E-state index in [0.717, 1.165) is 28.3 Å². The maximum Gasteiger partial charge on any atom is 0.252 e. The quantitative estimate of drug-likeness (QED) is 0.913. The molecule has 1 heterocycles. The molecule has 2 aromatic rings. The van der Waals surface area contributed by atoms with Gasteiger partial charge >= 0.3 is 0 Å². The third-order valence-electron chi connectivity index (χ3n) is 3.30. The number of rotatable bonds is 5. The van der Waals surface area contributed by atoms with Gasteiger partial charge in [0, 0.05) is 29.3 Å². The molecule has 2 rings (SSSR count). The summed E-state index contributed by atoms with van der Waals surface area (Å²) >= 11 is 0. The summed E-state index contributed by atoms with van der Waals surface area (Å²) in [5, 5.41) is 4.57. The van der Waals surface area contributed by atoms with Gasteiger partial charge in [0.15, 0.2) is 9.84 Å². The van der Waals surface area contributed by atoms with Crippen LogP contribution in [-0.2, 0) is 9.84 Å². The second-order valence-electron chi connectivity index (χ2n) is 5.68. The molecule has 122 valence electrons. The summed E-state index contributed by atoms with van der Waals surface area (Å²) in [6.45, 7) is 4.20. The van der Waals surface area contributed by atoms with Crippen molar-refractivity contribution in [3.05, 3.63) is 53.1 Å². The van der Waals surface area contributed by atoms with Crippen LogP contribution in [-0.4, -0.2) is 32.1 Å². The average molecular weight is 332 g/mol. The van der Waals surface area contributed by atoms with E-state index in [1.807, 2.05) is 38.1 Å². The van der Waals surface area contributed by atoms with Gasteiger partial charge in [-0.1, -0.05) is 38.1 Å². The number of nitrogens with one attached hydrogen (secondary N) is 1. The van der Waals surface area contributed by atoms with Crippen molar-refractivity contribution >= 4 is 26.6 Å². The molecule has 23 heavy (non-hydrogen) atoms. The Morgan fingerprint density at radius 3 is 2.65 bits per heavy atom. The van der Waals surface area contributed by atoms with Gasteiger partial charge in [-0.15, -0.1) is 0 Å². The number of hydrogen-bond donors (Lipinski definition) is 1. The minimum atomic E-state index is -3.18. The lowest BCUT2D eigenvalue weighted by atomic mass is 10.0. The van der Waals surface area contributed by atoms with Gasteiger partial charge < -0.3 is 5.32 Å². The summed E-state index contributed by atoms with van der Waals surface area (Å²) in [5.74, 6) is -0.0417. The normalized spacial score (nSPS) is 12.2. The highest BCUT2D eigenvalue weighted by molar-refractivity contribution is 7.93. The molecule has 0 bridgehead atoms. The standard InChI is InChI=1S/C17H20N2O3S/c1-12(2)16-11-14(13-7-4-5-8-15(13)19-16)17(20)18-9-6-10-23(3,21)22/h4-8,10-12H,9H2,1-3H3,(H,18,20)/b10-6+. The van der Waals surface area contributed by atoms with E-state index in [4.69, 9.17) is 0 Å². The fourth-order valence-electron chi connectivity index (χ4n) is 2.15. The van der Waals surface area contributed by atoms with Crippen molar-refractivity contribution < 1.29 is 13.2 Å². The van der Waals surface area contributed by atoms with Crippen molar-refractivity contribution in [1.29, 1.82) is 0 Å². The lowest BCUT2D eigenvalue weighted by molar-refractivity contribution is 0.0959. The predicted molar refractivity (Wildman–Crippen MR) is 92.1 cm³/mol. The topological polar surface area (TPSA) is 76.1 Å². The van der Waals surface area contributed by atoms with Crippen LogP contribution >= 0.6 is 0 Å². The molecule has 0 aliphatic carbocycles. The third kappa shape index (κ3) is 4.63. The highest BCUT2D eigenvalue weighted by Gasteiger charge is 2.13. The van der Waals surface area contributed by atoms with Crippen LogP contribution in [0.3, 0.4) is 0 Å². The zero-order chi connectivity index (χ0) is 17.0. The monoisotopic (exact) mass is 332 g/mol. The predicted octanol–water partition coefficient (Wildman–Crippen LogP) is 2.65. The van der Waals surface area contributed by atoms with Crippen LogP contribution in [0.15, 0.2) is 41.8 Å². The Hall–Kier alpha value is -2.21. The molecule has 1 aromatic heterocycles. The van der Waals surface area contributed by atoms with Crippen LogP contribution in [0.1, 0.15) is 35.8 Å². The molecule has 1 amide bonds. The fourth-order valence-corrected chi connectivity index (χ4v) is 2.60. The molecule has 1 N–H and O–H groups in total.